The fraction of sp³-hybridized carbons (Fsp3) is 0.500. The van der Waals surface area contributed by atoms with Crippen molar-refractivity contribution in [3.05, 3.63) is 40.4 Å². The van der Waals surface area contributed by atoms with Crippen molar-refractivity contribution in [2.45, 2.75) is 39.0 Å². The van der Waals surface area contributed by atoms with E-state index in [-0.39, 0.29) is 0 Å². The van der Waals surface area contributed by atoms with Crippen molar-refractivity contribution >= 4 is 21.5 Å². The van der Waals surface area contributed by atoms with Gasteiger partial charge in [-0.2, -0.15) is 0 Å². The first kappa shape index (κ1) is 11.5. The Labute approximate surface area is 112 Å². The molecule has 0 amide bonds. The van der Waals surface area contributed by atoms with Gasteiger partial charge in [-0.25, -0.2) is 0 Å². The van der Waals surface area contributed by atoms with E-state index in [1.165, 1.54) is 53.3 Å². The maximum Gasteiger partial charge on any atom is 0.0181 e. The van der Waals surface area contributed by atoms with Crippen molar-refractivity contribution in [3.8, 4) is 0 Å². The highest BCUT2D eigenvalue weighted by molar-refractivity contribution is 9.10. The minimum absolute atomic E-state index is 0.390. The highest BCUT2D eigenvalue weighted by Gasteiger charge is 2.42. The van der Waals surface area contributed by atoms with Crippen LogP contribution in [0.5, 0.6) is 0 Å². The van der Waals surface area contributed by atoms with Crippen LogP contribution in [-0.4, -0.2) is 0 Å². The molecule has 17 heavy (non-hydrogen) atoms. The first-order chi connectivity index (χ1) is 8.11. The minimum Gasteiger partial charge on any atom is -0.0946 e. The molecule has 2 aliphatic rings. The average Bonchev–Trinajstić information content (AvgIpc) is 2.53. The summed E-state index contributed by atoms with van der Waals surface area (Å²) in [6.07, 6.45) is 6.66. The van der Waals surface area contributed by atoms with E-state index in [0.717, 1.165) is 5.92 Å². The van der Waals surface area contributed by atoms with E-state index in [1.807, 2.05) is 0 Å². The first-order valence-electron chi connectivity index (χ1n) is 6.59. The standard InChI is InChI=1S/C16H19Br/c1-11-4-3-7-16(9-11)10-13-5-6-14(17)8-15(13)12(16)2/h5-6,8,11H,2-4,7,9-10H2,1H3/t11-,16+/m1/s1. The molecular weight excluding hydrogens is 272 g/mol. The van der Waals surface area contributed by atoms with Gasteiger partial charge in [-0.3, -0.25) is 0 Å². The lowest BCUT2D eigenvalue weighted by molar-refractivity contribution is 0.220. The number of benzene rings is 1. The van der Waals surface area contributed by atoms with Crippen molar-refractivity contribution in [2.75, 3.05) is 0 Å². The number of hydrogen-bond acceptors (Lipinski definition) is 0. The third-order valence-corrected chi connectivity index (χ3v) is 5.15. The number of rotatable bonds is 0. The molecule has 0 aromatic heterocycles. The molecule has 1 spiro atoms. The number of hydrogen-bond donors (Lipinski definition) is 0. The molecule has 90 valence electrons. The van der Waals surface area contributed by atoms with Crippen LogP contribution in [0.4, 0.5) is 0 Å². The van der Waals surface area contributed by atoms with Gasteiger partial charge in [0, 0.05) is 4.47 Å². The van der Waals surface area contributed by atoms with Crippen LogP contribution in [0.3, 0.4) is 0 Å². The first-order valence-corrected chi connectivity index (χ1v) is 7.38. The summed E-state index contributed by atoms with van der Waals surface area (Å²) in [6.45, 7) is 6.82. The predicted molar refractivity (Wildman–Crippen MR) is 76.9 cm³/mol. The van der Waals surface area contributed by atoms with E-state index in [4.69, 9.17) is 0 Å². The zero-order valence-electron chi connectivity index (χ0n) is 10.4. The molecule has 3 rings (SSSR count). The van der Waals surface area contributed by atoms with Crippen molar-refractivity contribution in [1.82, 2.24) is 0 Å². The van der Waals surface area contributed by atoms with Crippen LogP contribution in [-0.2, 0) is 6.42 Å². The lowest BCUT2D eigenvalue weighted by Crippen LogP contribution is -2.27. The van der Waals surface area contributed by atoms with Gasteiger partial charge in [-0.15, -0.1) is 0 Å². The quantitative estimate of drug-likeness (QED) is 0.615. The van der Waals surface area contributed by atoms with Crippen LogP contribution in [0, 0.1) is 11.3 Å². The molecule has 0 N–H and O–H groups in total. The van der Waals surface area contributed by atoms with E-state index < -0.39 is 0 Å². The second-order valence-corrected chi connectivity index (χ2v) is 6.85. The molecule has 0 bridgehead atoms. The Hall–Kier alpha value is -0.560. The summed E-state index contributed by atoms with van der Waals surface area (Å²) in [4.78, 5) is 0. The highest BCUT2D eigenvalue weighted by atomic mass is 79.9. The zero-order valence-corrected chi connectivity index (χ0v) is 12.0. The van der Waals surface area contributed by atoms with Crippen molar-refractivity contribution in [2.24, 2.45) is 11.3 Å². The Balaban J connectivity index is 2.00. The molecule has 1 fully saturated rings. The largest absolute Gasteiger partial charge is 0.0946 e. The Morgan fingerprint density at radius 3 is 3.00 bits per heavy atom. The van der Waals surface area contributed by atoms with E-state index in [2.05, 4.69) is 47.6 Å². The fourth-order valence-electron chi connectivity index (χ4n) is 3.84. The summed E-state index contributed by atoms with van der Waals surface area (Å²) in [6, 6.07) is 6.70. The van der Waals surface area contributed by atoms with Crippen LogP contribution in [0.15, 0.2) is 29.3 Å². The van der Waals surface area contributed by atoms with Gasteiger partial charge < -0.3 is 0 Å². The van der Waals surface area contributed by atoms with Crippen molar-refractivity contribution in [1.29, 1.82) is 0 Å². The molecule has 1 heteroatoms. The normalized spacial score (nSPS) is 31.9. The topological polar surface area (TPSA) is 0 Å². The van der Waals surface area contributed by atoms with Crippen LogP contribution < -0.4 is 0 Å². The molecule has 0 radical (unpaired) electrons. The molecule has 1 aromatic rings. The van der Waals surface area contributed by atoms with Gasteiger partial charge in [0.05, 0.1) is 0 Å². The third-order valence-electron chi connectivity index (χ3n) is 4.66. The Morgan fingerprint density at radius 2 is 2.24 bits per heavy atom. The molecule has 0 aliphatic heterocycles. The van der Waals surface area contributed by atoms with E-state index in [1.54, 1.807) is 0 Å². The number of halogens is 1. The molecule has 1 aromatic carbocycles. The summed E-state index contributed by atoms with van der Waals surface area (Å²) in [5.74, 6) is 0.859. The second kappa shape index (κ2) is 3.98. The molecule has 0 unspecified atom stereocenters. The van der Waals surface area contributed by atoms with Crippen LogP contribution >= 0.6 is 15.9 Å². The smallest absolute Gasteiger partial charge is 0.0181 e. The molecule has 0 heterocycles. The van der Waals surface area contributed by atoms with Crippen LogP contribution in [0.1, 0.15) is 43.7 Å². The predicted octanol–water partition coefficient (Wildman–Crippen LogP) is 5.21. The summed E-state index contributed by atoms with van der Waals surface area (Å²) in [5, 5.41) is 0. The van der Waals surface area contributed by atoms with Gasteiger partial charge in [-0.1, -0.05) is 48.3 Å². The van der Waals surface area contributed by atoms with Gasteiger partial charge in [0.25, 0.3) is 0 Å². The maximum absolute atomic E-state index is 4.43. The van der Waals surface area contributed by atoms with Gasteiger partial charge >= 0.3 is 0 Å². The van der Waals surface area contributed by atoms with Gasteiger partial charge in [-0.05, 0) is 59.4 Å². The van der Waals surface area contributed by atoms with E-state index in [0.29, 0.717) is 5.41 Å². The molecule has 1 saturated carbocycles. The minimum atomic E-state index is 0.390. The number of fused-ring (bicyclic) bond motifs is 1. The summed E-state index contributed by atoms with van der Waals surface area (Å²) < 4.78 is 1.18. The molecule has 2 atom stereocenters. The molecule has 2 aliphatic carbocycles. The van der Waals surface area contributed by atoms with E-state index in [9.17, 15) is 0 Å². The Bertz CT molecular complexity index is 474. The van der Waals surface area contributed by atoms with Gasteiger partial charge in [0.1, 0.15) is 0 Å². The summed E-state index contributed by atoms with van der Waals surface area (Å²) >= 11 is 3.58. The van der Waals surface area contributed by atoms with E-state index >= 15 is 0 Å². The lowest BCUT2D eigenvalue weighted by atomic mass is 9.66. The van der Waals surface area contributed by atoms with Gasteiger partial charge in [0.15, 0.2) is 0 Å². The Kier molecular flexibility index (Phi) is 2.70. The summed E-state index contributed by atoms with van der Waals surface area (Å²) in [7, 11) is 0. The lowest BCUT2D eigenvalue weighted by Gasteiger charge is -2.38. The monoisotopic (exact) mass is 290 g/mol. The SMILES string of the molecule is C=C1c2cc(Br)ccc2C[C@@]12CCC[C@@H](C)C2. The summed E-state index contributed by atoms with van der Waals surface area (Å²) in [5.41, 5.74) is 4.71. The molecule has 0 nitrogen and oxygen atoms in total. The molecule has 0 saturated heterocycles. The van der Waals surface area contributed by atoms with Crippen LogP contribution in [0.2, 0.25) is 0 Å². The molecular formula is C16H19Br. The third kappa shape index (κ3) is 1.79. The number of allylic oxidation sites excluding steroid dienone is 1. The van der Waals surface area contributed by atoms with Crippen LogP contribution in [0.25, 0.3) is 5.57 Å². The average molecular weight is 291 g/mol. The Morgan fingerprint density at radius 1 is 1.41 bits per heavy atom. The van der Waals surface area contributed by atoms with Crippen molar-refractivity contribution in [3.63, 3.8) is 0 Å². The maximum atomic E-state index is 4.43. The van der Waals surface area contributed by atoms with Crippen molar-refractivity contribution < 1.29 is 0 Å². The van der Waals surface area contributed by atoms with Gasteiger partial charge in [0.2, 0.25) is 0 Å². The second-order valence-electron chi connectivity index (χ2n) is 5.94. The zero-order chi connectivity index (χ0) is 12.0. The fourth-order valence-corrected chi connectivity index (χ4v) is 4.20. The highest BCUT2D eigenvalue weighted by Crippen LogP contribution is 2.55.